The third-order valence-electron chi connectivity index (χ3n) is 4.74. The monoisotopic (exact) mass is 352 g/mol. The van der Waals surface area contributed by atoms with Crippen molar-refractivity contribution in [1.82, 2.24) is 14.7 Å². The van der Waals surface area contributed by atoms with Gasteiger partial charge in [-0.1, -0.05) is 18.7 Å². The smallest absolute Gasteiger partial charge is 0.247 e. The maximum Gasteiger partial charge on any atom is 0.247 e. The zero-order valence-corrected chi connectivity index (χ0v) is 15.1. The number of carbonyl (C=O) groups excluding carboxylic acids is 2. The van der Waals surface area contributed by atoms with Crippen molar-refractivity contribution in [3.05, 3.63) is 59.9 Å². The van der Waals surface area contributed by atoms with E-state index in [4.69, 9.17) is 0 Å². The molecule has 0 atom stereocenters. The molecular weight excluding hydrogens is 328 g/mol. The van der Waals surface area contributed by atoms with Crippen LogP contribution in [0.15, 0.2) is 43.1 Å². The Kier molecular flexibility index (Phi) is 5.51. The first-order chi connectivity index (χ1) is 12.6. The molecule has 26 heavy (non-hydrogen) atoms. The number of nitrogens with one attached hydrogen (secondary N) is 1. The molecule has 1 aliphatic rings. The SMILES string of the molecule is C=CC(=O)Nc1ccc(CCC(=O)N2CCCc3c(cnn3C)C2)cc1. The third kappa shape index (κ3) is 4.20. The number of aromatic nitrogens is 2. The molecule has 1 N–H and O–H groups in total. The van der Waals surface area contributed by atoms with E-state index in [1.165, 1.54) is 11.8 Å². The van der Waals surface area contributed by atoms with Crippen molar-refractivity contribution in [2.75, 3.05) is 11.9 Å². The minimum absolute atomic E-state index is 0.172. The van der Waals surface area contributed by atoms with E-state index in [1.807, 2.05) is 47.1 Å². The summed E-state index contributed by atoms with van der Waals surface area (Å²) in [6, 6.07) is 7.56. The molecule has 0 saturated heterocycles. The average molecular weight is 352 g/mol. The summed E-state index contributed by atoms with van der Waals surface area (Å²) in [5.41, 5.74) is 4.19. The topological polar surface area (TPSA) is 67.2 Å². The molecule has 0 radical (unpaired) electrons. The van der Waals surface area contributed by atoms with Gasteiger partial charge in [-0.25, -0.2) is 0 Å². The van der Waals surface area contributed by atoms with Gasteiger partial charge in [-0.15, -0.1) is 0 Å². The van der Waals surface area contributed by atoms with Gasteiger partial charge in [0, 0.05) is 43.5 Å². The lowest BCUT2D eigenvalue weighted by atomic mass is 10.1. The molecule has 1 aliphatic heterocycles. The summed E-state index contributed by atoms with van der Waals surface area (Å²) >= 11 is 0. The van der Waals surface area contributed by atoms with Crippen LogP contribution < -0.4 is 5.32 Å². The fourth-order valence-electron chi connectivity index (χ4n) is 3.26. The standard InChI is InChI=1S/C20H24N4O2/c1-3-19(25)22-17-9-6-15(7-10-17)8-11-20(26)24-12-4-5-18-16(14-24)13-21-23(18)2/h3,6-7,9-10,13H,1,4-5,8,11-12,14H2,2H3,(H,22,25). The maximum absolute atomic E-state index is 12.6. The van der Waals surface area contributed by atoms with Crippen LogP contribution in [0.5, 0.6) is 0 Å². The first-order valence-corrected chi connectivity index (χ1v) is 8.86. The van der Waals surface area contributed by atoms with Crippen molar-refractivity contribution in [3.8, 4) is 0 Å². The van der Waals surface area contributed by atoms with Crippen molar-refractivity contribution in [2.24, 2.45) is 7.05 Å². The number of hydrogen-bond donors (Lipinski definition) is 1. The van der Waals surface area contributed by atoms with E-state index >= 15 is 0 Å². The molecule has 136 valence electrons. The molecular formula is C20H24N4O2. The van der Waals surface area contributed by atoms with Crippen LogP contribution in [0.3, 0.4) is 0 Å². The fraction of sp³-hybridized carbons (Fsp3) is 0.350. The number of fused-ring (bicyclic) bond motifs is 1. The quantitative estimate of drug-likeness (QED) is 0.841. The van der Waals surface area contributed by atoms with Gasteiger partial charge in [-0.05, 0) is 43.0 Å². The minimum atomic E-state index is -0.233. The lowest BCUT2D eigenvalue weighted by Crippen LogP contribution is -2.30. The van der Waals surface area contributed by atoms with Crippen molar-refractivity contribution in [1.29, 1.82) is 0 Å². The molecule has 1 aromatic heterocycles. The molecule has 1 aromatic carbocycles. The summed E-state index contributed by atoms with van der Waals surface area (Å²) < 4.78 is 1.91. The number of rotatable bonds is 5. The van der Waals surface area contributed by atoms with Crippen molar-refractivity contribution in [3.63, 3.8) is 0 Å². The second-order valence-corrected chi connectivity index (χ2v) is 6.55. The first-order valence-electron chi connectivity index (χ1n) is 8.86. The Labute approximate surface area is 153 Å². The van der Waals surface area contributed by atoms with Gasteiger partial charge >= 0.3 is 0 Å². The Balaban J connectivity index is 1.55. The van der Waals surface area contributed by atoms with Crippen LogP contribution in [0.2, 0.25) is 0 Å². The number of aryl methyl sites for hydroxylation is 2. The van der Waals surface area contributed by atoms with Gasteiger partial charge < -0.3 is 10.2 Å². The summed E-state index contributed by atoms with van der Waals surface area (Å²) in [6.45, 7) is 4.87. The largest absolute Gasteiger partial charge is 0.338 e. The highest BCUT2D eigenvalue weighted by molar-refractivity contribution is 5.98. The third-order valence-corrected chi connectivity index (χ3v) is 4.74. The minimum Gasteiger partial charge on any atom is -0.338 e. The second-order valence-electron chi connectivity index (χ2n) is 6.55. The summed E-state index contributed by atoms with van der Waals surface area (Å²) in [6.07, 6.45) is 6.21. The van der Waals surface area contributed by atoms with Crippen molar-refractivity contribution in [2.45, 2.75) is 32.2 Å². The van der Waals surface area contributed by atoms with E-state index < -0.39 is 0 Å². The highest BCUT2D eigenvalue weighted by Crippen LogP contribution is 2.19. The summed E-state index contributed by atoms with van der Waals surface area (Å²) in [5.74, 6) is -0.0606. The van der Waals surface area contributed by atoms with Crippen LogP contribution in [0.1, 0.15) is 29.7 Å². The zero-order valence-electron chi connectivity index (χ0n) is 15.1. The zero-order chi connectivity index (χ0) is 18.5. The molecule has 6 heteroatoms. The molecule has 0 saturated carbocycles. The number of carbonyl (C=O) groups is 2. The Hall–Kier alpha value is -2.89. The van der Waals surface area contributed by atoms with Crippen LogP contribution in [-0.4, -0.2) is 33.0 Å². The van der Waals surface area contributed by atoms with Crippen LogP contribution in [0.4, 0.5) is 5.69 Å². The molecule has 3 rings (SSSR count). The molecule has 2 heterocycles. The predicted octanol–water partition coefficient (Wildman–Crippen LogP) is 2.45. The molecule has 2 amide bonds. The van der Waals surface area contributed by atoms with E-state index in [9.17, 15) is 9.59 Å². The van der Waals surface area contributed by atoms with Gasteiger partial charge in [-0.3, -0.25) is 14.3 Å². The van der Waals surface area contributed by atoms with Crippen LogP contribution in [-0.2, 0) is 36.0 Å². The van der Waals surface area contributed by atoms with Gasteiger partial charge in [0.15, 0.2) is 0 Å². The maximum atomic E-state index is 12.6. The number of amides is 2. The Bertz CT molecular complexity index is 808. The van der Waals surface area contributed by atoms with Crippen LogP contribution in [0.25, 0.3) is 0 Å². The predicted molar refractivity (Wildman–Crippen MR) is 101 cm³/mol. The summed E-state index contributed by atoms with van der Waals surface area (Å²) in [4.78, 5) is 25.8. The van der Waals surface area contributed by atoms with Crippen molar-refractivity contribution < 1.29 is 9.59 Å². The Morgan fingerprint density at radius 2 is 2.08 bits per heavy atom. The van der Waals surface area contributed by atoms with Gasteiger partial charge in [0.1, 0.15) is 0 Å². The first kappa shape index (κ1) is 17.9. The number of anilines is 1. The number of nitrogens with zero attached hydrogens (tertiary/aromatic N) is 3. The van der Waals surface area contributed by atoms with Gasteiger partial charge in [0.05, 0.1) is 6.20 Å². The highest BCUT2D eigenvalue weighted by Gasteiger charge is 2.21. The lowest BCUT2D eigenvalue weighted by Gasteiger charge is -2.20. The Morgan fingerprint density at radius 3 is 2.81 bits per heavy atom. The molecule has 2 aromatic rings. The van der Waals surface area contributed by atoms with E-state index in [0.717, 1.165) is 36.2 Å². The molecule has 0 bridgehead atoms. The van der Waals surface area contributed by atoms with Crippen LogP contribution in [0, 0.1) is 0 Å². The van der Waals surface area contributed by atoms with Crippen molar-refractivity contribution >= 4 is 17.5 Å². The van der Waals surface area contributed by atoms with E-state index in [2.05, 4.69) is 17.0 Å². The average Bonchev–Trinajstić information content (AvgIpc) is 2.87. The second kappa shape index (κ2) is 7.99. The van der Waals surface area contributed by atoms with Gasteiger partial charge in [0.2, 0.25) is 11.8 Å². The number of benzene rings is 1. The summed E-state index contributed by atoms with van der Waals surface area (Å²) in [7, 11) is 1.96. The van der Waals surface area contributed by atoms with Crippen LogP contribution >= 0.6 is 0 Å². The molecule has 0 fully saturated rings. The molecule has 0 spiro atoms. The number of hydrogen-bond acceptors (Lipinski definition) is 3. The summed E-state index contributed by atoms with van der Waals surface area (Å²) in [5, 5.41) is 7.02. The van der Waals surface area contributed by atoms with E-state index in [0.29, 0.717) is 19.4 Å². The Morgan fingerprint density at radius 1 is 1.31 bits per heavy atom. The normalized spacial score (nSPS) is 13.7. The fourth-order valence-corrected chi connectivity index (χ4v) is 3.26. The van der Waals surface area contributed by atoms with Gasteiger partial charge in [0.25, 0.3) is 0 Å². The lowest BCUT2D eigenvalue weighted by molar-refractivity contribution is -0.131. The molecule has 6 nitrogen and oxygen atoms in total. The molecule has 0 unspecified atom stereocenters. The van der Waals surface area contributed by atoms with E-state index in [-0.39, 0.29) is 11.8 Å². The van der Waals surface area contributed by atoms with E-state index in [1.54, 1.807) is 0 Å². The molecule has 0 aliphatic carbocycles. The van der Waals surface area contributed by atoms with Gasteiger partial charge in [-0.2, -0.15) is 5.10 Å². The highest BCUT2D eigenvalue weighted by atomic mass is 16.2.